The number of rotatable bonds is 2. The van der Waals surface area contributed by atoms with Crippen molar-refractivity contribution in [1.29, 1.82) is 10.5 Å². The molecule has 0 spiro atoms. The molecule has 2 rings (SSSR count). The minimum atomic E-state index is -0.166. The van der Waals surface area contributed by atoms with Crippen LogP contribution in [0.2, 0.25) is 0 Å². The summed E-state index contributed by atoms with van der Waals surface area (Å²) in [4.78, 5) is 6.61. The largest absolute Gasteiger partial charge is 0.378 e. The second kappa shape index (κ2) is 6.86. The number of hydrogen-bond donors (Lipinski definition) is 0. The fraction of sp³-hybridized carbons (Fsp3) is 0.316. The molecule has 1 aromatic heterocycles. The van der Waals surface area contributed by atoms with Crippen LogP contribution in [-0.4, -0.2) is 19.1 Å². The first kappa shape index (κ1) is 17.7. The average Bonchev–Trinajstić information content (AvgIpc) is 2.93. The van der Waals surface area contributed by atoms with E-state index in [0.717, 1.165) is 21.5 Å². The summed E-state index contributed by atoms with van der Waals surface area (Å²) in [6.45, 7) is 6.24. The lowest BCUT2D eigenvalue weighted by molar-refractivity contribution is 0.568. The molecule has 1 heterocycles. The quantitative estimate of drug-likeness (QED) is 0.845. The lowest BCUT2D eigenvalue weighted by atomic mass is 9.92. The van der Waals surface area contributed by atoms with Gasteiger partial charge in [-0.15, -0.1) is 11.3 Å². The summed E-state index contributed by atoms with van der Waals surface area (Å²) in [5.74, 6) is 0. The predicted octanol–water partition coefficient (Wildman–Crippen LogP) is 2.53. The van der Waals surface area contributed by atoms with Crippen LogP contribution in [0.3, 0.4) is 0 Å². The maximum Gasteiger partial charge on any atom is 0.165 e. The Hall–Kier alpha value is -2.63. The van der Waals surface area contributed by atoms with E-state index in [0.29, 0.717) is 4.66 Å². The summed E-state index contributed by atoms with van der Waals surface area (Å²) < 4.78 is 1.47. The summed E-state index contributed by atoms with van der Waals surface area (Å²) in [6.07, 6.45) is 2.06. The highest BCUT2D eigenvalue weighted by Gasteiger charge is 2.19. The molecule has 0 atom stereocenters. The second-order valence-corrected chi connectivity index (χ2v) is 7.74. The number of nitrogens with zero attached hydrogens (tertiary/aromatic N) is 4. The third-order valence-corrected chi connectivity index (χ3v) is 4.53. The molecule has 2 aromatic rings. The second-order valence-electron chi connectivity index (χ2n) is 6.71. The van der Waals surface area contributed by atoms with Crippen LogP contribution in [0.4, 0.5) is 5.69 Å². The first-order valence-electron chi connectivity index (χ1n) is 7.57. The van der Waals surface area contributed by atoms with Crippen molar-refractivity contribution in [3.63, 3.8) is 0 Å². The van der Waals surface area contributed by atoms with E-state index in [9.17, 15) is 0 Å². The van der Waals surface area contributed by atoms with E-state index in [1.165, 1.54) is 11.3 Å². The summed E-state index contributed by atoms with van der Waals surface area (Å²) in [7, 11) is 4.01. The van der Waals surface area contributed by atoms with Crippen LogP contribution < -0.4 is 14.1 Å². The van der Waals surface area contributed by atoms with E-state index in [4.69, 9.17) is 10.5 Å². The molecule has 0 bridgehead atoms. The zero-order valence-electron chi connectivity index (χ0n) is 14.6. The lowest BCUT2D eigenvalue weighted by Crippen LogP contribution is -2.21. The Morgan fingerprint density at radius 2 is 1.71 bits per heavy atom. The van der Waals surface area contributed by atoms with Crippen molar-refractivity contribution in [3.05, 3.63) is 44.7 Å². The standard InChI is InChI=1S/C19H20N4S/c1-19(2,3)17-16(24-18(22-17)14(11-20)12-21)10-13-6-8-15(9-7-13)23(4)5/h6-10H,1-5H3/b16-10-. The Kier molecular flexibility index (Phi) is 5.07. The van der Waals surface area contributed by atoms with Gasteiger partial charge >= 0.3 is 0 Å². The fourth-order valence-electron chi connectivity index (χ4n) is 2.21. The molecule has 0 fully saturated rings. The maximum absolute atomic E-state index is 9.10. The van der Waals surface area contributed by atoms with Crippen molar-refractivity contribution in [2.24, 2.45) is 0 Å². The van der Waals surface area contributed by atoms with E-state index in [-0.39, 0.29) is 11.0 Å². The smallest absolute Gasteiger partial charge is 0.165 e. The third kappa shape index (κ3) is 3.82. The van der Waals surface area contributed by atoms with E-state index in [1.54, 1.807) is 0 Å². The van der Waals surface area contributed by atoms with Crippen molar-refractivity contribution in [3.8, 4) is 12.1 Å². The van der Waals surface area contributed by atoms with Gasteiger partial charge in [0.25, 0.3) is 0 Å². The Labute approximate surface area is 146 Å². The molecule has 122 valence electrons. The van der Waals surface area contributed by atoms with Crippen LogP contribution in [0.15, 0.2) is 24.3 Å². The molecule has 0 saturated carbocycles. The highest BCUT2D eigenvalue weighted by molar-refractivity contribution is 7.07. The van der Waals surface area contributed by atoms with Crippen molar-refractivity contribution in [2.75, 3.05) is 19.0 Å². The fourth-order valence-corrected chi connectivity index (χ4v) is 3.40. The molecule has 5 heteroatoms. The van der Waals surface area contributed by atoms with E-state index < -0.39 is 0 Å². The van der Waals surface area contributed by atoms with Gasteiger partial charge in [-0.25, -0.2) is 4.98 Å². The van der Waals surface area contributed by atoms with E-state index >= 15 is 0 Å². The Bertz CT molecular complexity index is 914. The molecule has 4 nitrogen and oxygen atoms in total. The van der Waals surface area contributed by atoms with Gasteiger partial charge in [0.15, 0.2) is 5.57 Å². The van der Waals surface area contributed by atoms with Crippen molar-refractivity contribution >= 4 is 28.7 Å². The Balaban J connectivity index is 2.67. The first-order chi connectivity index (χ1) is 11.3. The molecule has 24 heavy (non-hydrogen) atoms. The van der Waals surface area contributed by atoms with Crippen LogP contribution in [0.5, 0.6) is 0 Å². The van der Waals surface area contributed by atoms with Gasteiger partial charge in [0.2, 0.25) is 0 Å². The van der Waals surface area contributed by atoms with Crippen LogP contribution in [-0.2, 0) is 5.41 Å². The maximum atomic E-state index is 9.10. The van der Waals surface area contributed by atoms with Gasteiger partial charge in [0, 0.05) is 25.2 Å². The van der Waals surface area contributed by atoms with Crippen LogP contribution in [0.25, 0.3) is 11.6 Å². The monoisotopic (exact) mass is 336 g/mol. The molecular weight excluding hydrogens is 316 g/mol. The Morgan fingerprint density at radius 1 is 1.12 bits per heavy atom. The lowest BCUT2D eigenvalue weighted by Gasteiger charge is -2.15. The van der Waals surface area contributed by atoms with Crippen molar-refractivity contribution < 1.29 is 0 Å². The van der Waals surface area contributed by atoms with Gasteiger partial charge < -0.3 is 4.90 Å². The molecule has 0 saturated heterocycles. The van der Waals surface area contributed by atoms with Gasteiger partial charge in [0.05, 0.1) is 10.2 Å². The molecule has 0 unspecified atom stereocenters. The SMILES string of the molecule is CN(C)c1ccc(/C=c2\sc(=C(C#N)C#N)nc2C(C)(C)C)cc1. The predicted molar refractivity (Wildman–Crippen MR) is 99.0 cm³/mol. The Morgan fingerprint density at radius 3 is 2.17 bits per heavy atom. The minimum absolute atomic E-state index is 0.0631. The molecule has 0 radical (unpaired) electrons. The highest BCUT2D eigenvalue weighted by Crippen LogP contribution is 2.18. The topological polar surface area (TPSA) is 63.7 Å². The number of aromatic nitrogens is 1. The van der Waals surface area contributed by atoms with E-state index in [1.807, 2.05) is 26.2 Å². The van der Waals surface area contributed by atoms with Crippen LogP contribution in [0, 0.1) is 22.7 Å². The molecule has 0 aliphatic rings. The van der Waals surface area contributed by atoms with Crippen molar-refractivity contribution in [1.82, 2.24) is 4.98 Å². The normalized spacial score (nSPS) is 11.7. The van der Waals surface area contributed by atoms with Gasteiger partial charge in [-0.05, 0) is 23.8 Å². The molecular formula is C19H20N4S. The molecule has 0 aliphatic heterocycles. The highest BCUT2D eigenvalue weighted by atomic mass is 32.1. The average molecular weight is 336 g/mol. The summed E-state index contributed by atoms with van der Waals surface area (Å²) in [5.41, 5.74) is 3.00. The van der Waals surface area contributed by atoms with Crippen LogP contribution >= 0.6 is 11.3 Å². The number of benzene rings is 1. The number of anilines is 1. The van der Waals surface area contributed by atoms with Gasteiger partial charge in [-0.1, -0.05) is 32.9 Å². The van der Waals surface area contributed by atoms with Gasteiger partial charge in [-0.3, -0.25) is 0 Å². The molecule has 0 N–H and O–H groups in total. The summed E-state index contributed by atoms with van der Waals surface area (Å²) >= 11 is 1.39. The van der Waals surface area contributed by atoms with Gasteiger partial charge in [0.1, 0.15) is 16.8 Å². The zero-order chi connectivity index (χ0) is 17.9. The molecule has 0 aliphatic carbocycles. The number of thiazole rings is 1. The first-order valence-corrected chi connectivity index (χ1v) is 8.39. The van der Waals surface area contributed by atoms with Crippen LogP contribution in [0.1, 0.15) is 32.0 Å². The van der Waals surface area contributed by atoms with Crippen molar-refractivity contribution in [2.45, 2.75) is 26.2 Å². The van der Waals surface area contributed by atoms with Gasteiger partial charge in [-0.2, -0.15) is 10.5 Å². The summed E-state index contributed by atoms with van der Waals surface area (Å²) in [5, 5.41) is 18.2. The minimum Gasteiger partial charge on any atom is -0.378 e. The zero-order valence-corrected chi connectivity index (χ0v) is 15.4. The molecule has 1 aromatic carbocycles. The number of hydrogen-bond acceptors (Lipinski definition) is 5. The van der Waals surface area contributed by atoms with E-state index in [2.05, 4.69) is 61.0 Å². The molecule has 0 amide bonds. The third-order valence-electron chi connectivity index (χ3n) is 3.51. The number of nitriles is 2. The summed E-state index contributed by atoms with van der Waals surface area (Å²) in [6, 6.07) is 12.1.